The monoisotopic (exact) mass is 844 g/mol. The molecule has 12 heteroatoms. The first kappa shape index (κ1) is 37.6. The maximum atomic E-state index is 13.4. The molecule has 5 heterocycles. The van der Waals surface area contributed by atoms with Gasteiger partial charge in [0, 0.05) is 41.2 Å². The van der Waals surface area contributed by atoms with Crippen LogP contribution in [0.4, 0.5) is 5.69 Å². The van der Waals surface area contributed by atoms with E-state index >= 15 is 0 Å². The molecule has 11 nitrogen and oxygen atoms in total. The van der Waals surface area contributed by atoms with Crippen LogP contribution >= 0.6 is 15.9 Å². The zero-order valence-corrected chi connectivity index (χ0v) is 34.3. The summed E-state index contributed by atoms with van der Waals surface area (Å²) < 4.78 is 3.10. The van der Waals surface area contributed by atoms with Gasteiger partial charge < -0.3 is 15.1 Å². The van der Waals surface area contributed by atoms with Gasteiger partial charge in [0.1, 0.15) is 11.9 Å². The van der Waals surface area contributed by atoms with Crippen LogP contribution in [0.1, 0.15) is 122 Å². The van der Waals surface area contributed by atoms with Gasteiger partial charge in [0.15, 0.2) is 0 Å². The molecule has 2 aliphatic carbocycles. The van der Waals surface area contributed by atoms with Crippen LogP contribution in [0.25, 0.3) is 16.6 Å². The molecular weight excluding hydrogens is 796 g/mol. The maximum absolute atomic E-state index is 13.4. The Morgan fingerprint density at radius 1 is 0.897 bits per heavy atom. The molecule has 4 aromatic rings. The highest BCUT2D eigenvalue weighted by molar-refractivity contribution is 9.10. The molecule has 2 N–H and O–H groups in total. The highest BCUT2D eigenvalue weighted by Crippen LogP contribution is 2.52. The minimum absolute atomic E-state index is 0.0278. The Balaban J connectivity index is 0.748. The van der Waals surface area contributed by atoms with Gasteiger partial charge in [-0.3, -0.25) is 33.9 Å². The largest absolute Gasteiger partial charge is 0.326 e. The number of anilines is 1. The number of hydrogen-bond acceptors (Lipinski definition) is 7. The van der Waals surface area contributed by atoms with Crippen molar-refractivity contribution in [3.05, 3.63) is 97.5 Å². The van der Waals surface area contributed by atoms with E-state index in [1.54, 1.807) is 12.1 Å². The number of carbonyl (C=O) groups is 4. The average molecular weight is 846 g/mol. The summed E-state index contributed by atoms with van der Waals surface area (Å²) in [6.07, 6.45) is 12.1. The van der Waals surface area contributed by atoms with Crippen molar-refractivity contribution >= 4 is 56.1 Å². The second-order valence-corrected chi connectivity index (χ2v) is 18.5. The first-order valence-electron chi connectivity index (χ1n) is 21.3. The lowest BCUT2D eigenvalue weighted by Gasteiger charge is -2.37. The van der Waals surface area contributed by atoms with Crippen molar-refractivity contribution < 1.29 is 19.2 Å². The molecule has 3 aromatic carbocycles. The van der Waals surface area contributed by atoms with E-state index in [-0.39, 0.29) is 47.6 Å². The minimum atomic E-state index is -0.660. The molecule has 1 atom stereocenters. The average Bonchev–Trinajstić information content (AvgIpc) is 3.68. The third kappa shape index (κ3) is 6.42. The minimum Gasteiger partial charge on any atom is -0.326 e. The molecule has 4 fully saturated rings. The standard InChI is InChI=1S/C46H49BrN6O5/c47-35-5-4-6-36-40(35)43(57)50-45-46(19-2-1-3-20-46)34-14-11-30(24-38(34)53(36)45)28-17-21-51(22-18-28)25-27-7-9-29(10-8-27)41(55)48-32-12-13-33-31(23-32)26-52(44(33)58)37-15-16-39(54)49-42(37)56/h4-6,11-14,23-24,27-29,37H,1-3,7-10,15-22,25-26H2,(H,48,55)(H,49,54,56). The maximum Gasteiger partial charge on any atom is 0.281 e. The number of amides is 4. The number of imide groups is 1. The van der Waals surface area contributed by atoms with E-state index < -0.39 is 11.9 Å². The summed E-state index contributed by atoms with van der Waals surface area (Å²) in [4.78, 5) is 73.0. The van der Waals surface area contributed by atoms with Crippen LogP contribution in [0.2, 0.25) is 0 Å². The van der Waals surface area contributed by atoms with Crippen molar-refractivity contribution in [3.8, 4) is 5.69 Å². The van der Waals surface area contributed by atoms with Gasteiger partial charge in [0.25, 0.3) is 11.5 Å². The molecule has 300 valence electrons. The number of piperidine rings is 2. The van der Waals surface area contributed by atoms with Crippen molar-refractivity contribution in [2.75, 3.05) is 25.0 Å². The fraction of sp³-hybridized carbons (Fsp3) is 0.478. The Labute approximate surface area is 346 Å². The Bertz CT molecular complexity index is 2420. The summed E-state index contributed by atoms with van der Waals surface area (Å²) in [5, 5.41) is 6.10. The van der Waals surface area contributed by atoms with Crippen molar-refractivity contribution in [2.24, 2.45) is 11.8 Å². The van der Waals surface area contributed by atoms with Crippen LogP contribution in [0.5, 0.6) is 0 Å². The quantitative estimate of drug-likeness (QED) is 0.198. The van der Waals surface area contributed by atoms with E-state index in [1.807, 2.05) is 18.2 Å². The molecular formula is C46H49BrN6O5. The van der Waals surface area contributed by atoms with Crippen molar-refractivity contribution in [2.45, 2.75) is 107 Å². The number of nitrogens with one attached hydrogen (secondary N) is 2. The molecule has 4 amide bonds. The van der Waals surface area contributed by atoms with Crippen molar-refractivity contribution in [3.63, 3.8) is 0 Å². The zero-order valence-electron chi connectivity index (χ0n) is 32.7. The molecule has 58 heavy (non-hydrogen) atoms. The Morgan fingerprint density at radius 3 is 2.47 bits per heavy atom. The topological polar surface area (TPSA) is 134 Å². The van der Waals surface area contributed by atoms with E-state index in [1.165, 1.54) is 28.1 Å². The van der Waals surface area contributed by atoms with Gasteiger partial charge in [-0.15, -0.1) is 0 Å². The molecule has 1 spiro atoms. The molecule has 1 aromatic heterocycles. The number of fused-ring (bicyclic) bond motifs is 8. The normalized spacial score (nSPS) is 24.5. The number of carbonyl (C=O) groups excluding carboxylic acids is 4. The fourth-order valence-corrected chi connectivity index (χ4v) is 11.8. The summed E-state index contributed by atoms with van der Waals surface area (Å²) >= 11 is 3.65. The number of aromatic nitrogens is 2. The van der Waals surface area contributed by atoms with Crippen LogP contribution in [-0.4, -0.2) is 68.7 Å². The molecule has 2 saturated carbocycles. The predicted molar refractivity (Wildman–Crippen MR) is 224 cm³/mol. The van der Waals surface area contributed by atoms with Crippen LogP contribution in [-0.2, 0) is 26.3 Å². The Morgan fingerprint density at radius 2 is 1.69 bits per heavy atom. The smallest absolute Gasteiger partial charge is 0.281 e. The number of benzene rings is 3. The van der Waals surface area contributed by atoms with Gasteiger partial charge in [0.2, 0.25) is 17.7 Å². The number of halogens is 1. The van der Waals surface area contributed by atoms with E-state index in [9.17, 15) is 24.0 Å². The van der Waals surface area contributed by atoms with Crippen LogP contribution in [0.15, 0.2) is 63.9 Å². The van der Waals surface area contributed by atoms with Crippen molar-refractivity contribution in [1.29, 1.82) is 0 Å². The summed E-state index contributed by atoms with van der Waals surface area (Å²) in [7, 11) is 0. The lowest BCUT2D eigenvalue weighted by molar-refractivity contribution is -0.137. The molecule has 2 saturated heterocycles. The van der Waals surface area contributed by atoms with Crippen LogP contribution in [0, 0.1) is 11.8 Å². The molecule has 1 unspecified atom stereocenters. The fourth-order valence-electron chi connectivity index (χ4n) is 11.3. The predicted octanol–water partition coefficient (Wildman–Crippen LogP) is 7.10. The summed E-state index contributed by atoms with van der Waals surface area (Å²) in [5.74, 6) is 1.02. The van der Waals surface area contributed by atoms with E-state index in [0.29, 0.717) is 34.9 Å². The van der Waals surface area contributed by atoms with E-state index in [2.05, 4.69) is 60.3 Å². The third-order valence-corrected chi connectivity index (χ3v) is 15.0. The molecule has 4 aliphatic heterocycles. The second-order valence-electron chi connectivity index (χ2n) is 17.7. The highest BCUT2D eigenvalue weighted by Gasteiger charge is 2.47. The number of hydrogen-bond donors (Lipinski definition) is 2. The summed E-state index contributed by atoms with van der Waals surface area (Å²) in [6, 6.07) is 17.9. The van der Waals surface area contributed by atoms with Gasteiger partial charge in [-0.1, -0.05) is 37.5 Å². The summed E-state index contributed by atoms with van der Waals surface area (Å²) in [6.45, 7) is 3.48. The lowest BCUT2D eigenvalue weighted by atomic mass is 9.69. The SMILES string of the molecule is O=C1CCC(N2Cc3cc(NC(=O)C4CCC(CN5CCC(c6ccc7c(c6)-n6c(nc(=O)c8c(Br)cccc86)C76CCCCC6)CC5)CC4)ccc3C2=O)C(=O)N1. The third-order valence-electron chi connectivity index (χ3n) is 14.4. The molecule has 6 aliphatic rings. The highest BCUT2D eigenvalue weighted by atomic mass is 79.9. The first-order valence-corrected chi connectivity index (χ1v) is 22.1. The van der Waals surface area contributed by atoms with Gasteiger partial charge >= 0.3 is 0 Å². The zero-order chi connectivity index (χ0) is 39.7. The van der Waals surface area contributed by atoms with Crippen molar-refractivity contribution in [1.82, 2.24) is 24.7 Å². The summed E-state index contributed by atoms with van der Waals surface area (Å²) in [5.41, 5.74) is 6.50. The van der Waals surface area contributed by atoms with E-state index in [4.69, 9.17) is 4.98 Å². The number of likely N-dealkylation sites (tertiary alicyclic amines) is 1. The first-order chi connectivity index (χ1) is 28.2. The Kier molecular flexibility index (Phi) is 9.62. The van der Waals surface area contributed by atoms with E-state index in [0.717, 1.165) is 105 Å². The second kappa shape index (κ2) is 14.9. The molecule has 0 radical (unpaired) electrons. The lowest BCUT2D eigenvalue weighted by Crippen LogP contribution is -2.52. The van der Waals surface area contributed by atoms with Gasteiger partial charge in [-0.05, 0) is 152 Å². The van der Waals surface area contributed by atoms with Gasteiger partial charge in [-0.25, -0.2) is 0 Å². The van der Waals surface area contributed by atoms with Crippen LogP contribution < -0.4 is 16.2 Å². The molecule has 0 bridgehead atoms. The Hall–Kier alpha value is -4.68. The molecule has 10 rings (SSSR count). The number of nitrogens with zero attached hydrogens (tertiary/aromatic N) is 4. The number of rotatable bonds is 6. The van der Waals surface area contributed by atoms with Gasteiger partial charge in [0.05, 0.1) is 22.0 Å². The van der Waals surface area contributed by atoms with Gasteiger partial charge in [-0.2, -0.15) is 4.98 Å². The van der Waals surface area contributed by atoms with Crippen LogP contribution in [0.3, 0.4) is 0 Å².